The van der Waals surface area contributed by atoms with E-state index in [2.05, 4.69) is 21.1 Å². The van der Waals surface area contributed by atoms with Gasteiger partial charge in [-0.25, -0.2) is 0 Å². The van der Waals surface area contributed by atoms with Crippen LogP contribution in [0.2, 0.25) is 0 Å². The first-order valence-corrected chi connectivity index (χ1v) is 6.28. The Kier molecular flexibility index (Phi) is 6.31. The van der Waals surface area contributed by atoms with Crippen LogP contribution in [-0.2, 0) is 0 Å². The molecule has 112 valence electrons. The second-order valence-corrected chi connectivity index (χ2v) is 4.10. The number of benzene rings is 1. The number of alkyl halides is 3. The number of nitrogens with zero attached hydrogens (tertiary/aromatic N) is 2. The highest BCUT2D eigenvalue weighted by Crippen LogP contribution is 2.23. The zero-order valence-electron chi connectivity index (χ0n) is 11.4. The lowest BCUT2D eigenvalue weighted by Gasteiger charge is -2.08. The van der Waals surface area contributed by atoms with Gasteiger partial charge >= 0.3 is 6.36 Å². The Morgan fingerprint density at radius 2 is 2.00 bits per heavy atom. The van der Waals surface area contributed by atoms with Crippen molar-refractivity contribution >= 4 is 11.6 Å². The first-order valence-electron chi connectivity index (χ1n) is 6.28. The molecule has 0 aliphatic rings. The molecule has 0 bridgehead atoms. The predicted octanol–water partition coefficient (Wildman–Crippen LogP) is 4.22. The van der Waals surface area contributed by atoms with E-state index in [9.17, 15) is 13.2 Å². The third kappa shape index (κ3) is 7.04. The van der Waals surface area contributed by atoms with Crippen molar-refractivity contribution < 1.29 is 17.9 Å². The van der Waals surface area contributed by atoms with E-state index in [0.717, 1.165) is 25.0 Å². The third-order valence-corrected chi connectivity index (χ3v) is 2.38. The molecule has 1 N–H and O–H groups in total. The Morgan fingerprint density at radius 3 is 2.52 bits per heavy atom. The fraction of sp³-hybridized carbons (Fsp3) is 0.357. The van der Waals surface area contributed by atoms with Crippen LogP contribution in [0.3, 0.4) is 0 Å². The molecule has 1 rings (SSSR count). The van der Waals surface area contributed by atoms with E-state index in [4.69, 9.17) is 5.26 Å². The molecule has 0 saturated heterocycles. The van der Waals surface area contributed by atoms with Gasteiger partial charge in [0.2, 0.25) is 0 Å². The van der Waals surface area contributed by atoms with Crippen molar-refractivity contribution in [1.29, 1.82) is 5.26 Å². The smallest absolute Gasteiger partial charge is 0.406 e. The van der Waals surface area contributed by atoms with Crippen molar-refractivity contribution in [1.82, 2.24) is 0 Å². The minimum atomic E-state index is -4.71. The van der Waals surface area contributed by atoms with Crippen molar-refractivity contribution in [2.45, 2.75) is 32.5 Å². The molecule has 1 aromatic carbocycles. The summed E-state index contributed by atoms with van der Waals surface area (Å²) in [4.78, 5) is 0. The van der Waals surface area contributed by atoms with E-state index in [1.165, 1.54) is 12.1 Å². The zero-order valence-corrected chi connectivity index (χ0v) is 11.4. The Hall–Kier alpha value is -2.45. The molecule has 0 spiro atoms. The summed E-state index contributed by atoms with van der Waals surface area (Å²) in [5.74, 6) is 2.25. The molecule has 0 unspecified atom stereocenters. The minimum Gasteiger partial charge on any atom is -0.406 e. The second-order valence-electron chi connectivity index (χ2n) is 4.10. The van der Waals surface area contributed by atoms with Gasteiger partial charge in [0.25, 0.3) is 0 Å². The number of nitriles is 1. The average molecular weight is 297 g/mol. The van der Waals surface area contributed by atoms with Gasteiger partial charge in [-0.1, -0.05) is 13.3 Å². The van der Waals surface area contributed by atoms with Gasteiger partial charge in [0.15, 0.2) is 0 Å². The van der Waals surface area contributed by atoms with Crippen LogP contribution in [0.15, 0.2) is 34.9 Å². The van der Waals surface area contributed by atoms with Gasteiger partial charge in [-0.3, -0.25) is 5.43 Å². The minimum absolute atomic E-state index is 0.312. The largest absolute Gasteiger partial charge is 0.573 e. The van der Waals surface area contributed by atoms with Crippen molar-refractivity contribution in [3.05, 3.63) is 29.8 Å². The highest BCUT2D eigenvalue weighted by molar-refractivity contribution is 5.64. The molecule has 21 heavy (non-hydrogen) atoms. The number of anilines is 1. The maximum Gasteiger partial charge on any atom is 0.573 e. The molecule has 0 aliphatic heterocycles. The van der Waals surface area contributed by atoms with Crippen molar-refractivity contribution in [2.24, 2.45) is 5.10 Å². The van der Waals surface area contributed by atoms with Gasteiger partial charge in [-0.2, -0.15) is 5.26 Å². The summed E-state index contributed by atoms with van der Waals surface area (Å²) >= 11 is 0. The first kappa shape index (κ1) is 16.6. The molecule has 0 amide bonds. The number of allylic oxidation sites excluding steroid dienone is 1. The maximum absolute atomic E-state index is 12.0. The van der Waals surface area contributed by atoms with E-state index in [-0.39, 0.29) is 5.75 Å². The van der Waals surface area contributed by atoms with Gasteiger partial charge in [-0.05, 0) is 37.1 Å². The second kappa shape index (κ2) is 7.98. The van der Waals surface area contributed by atoms with Crippen LogP contribution < -0.4 is 10.2 Å². The van der Waals surface area contributed by atoms with Crippen molar-refractivity contribution in [3.63, 3.8) is 0 Å². The average Bonchev–Trinajstić information content (AvgIpc) is 2.43. The lowest BCUT2D eigenvalue weighted by molar-refractivity contribution is -0.274. The number of hydrogen-bond acceptors (Lipinski definition) is 4. The molecule has 0 heterocycles. The Bertz CT molecular complexity index is 552. The lowest BCUT2D eigenvalue weighted by Crippen LogP contribution is -2.16. The molecule has 4 nitrogen and oxygen atoms in total. The van der Waals surface area contributed by atoms with Crippen LogP contribution in [0.1, 0.15) is 26.2 Å². The predicted molar refractivity (Wildman–Crippen MR) is 72.8 cm³/mol. The number of unbranched alkanes of at least 4 members (excludes halogenated alkanes) is 1. The van der Waals surface area contributed by atoms with Crippen LogP contribution in [0.4, 0.5) is 18.9 Å². The van der Waals surface area contributed by atoms with Crippen LogP contribution in [0.5, 0.6) is 5.75 Å². The summed E-state index contributed by atoms with van der Waals surface area (Å²) in [6.45, 7) is 2.01. The van der Waals surface area contributed by atoms with E-state index < -0.39 is 6.36 Å². The molecule has 0 aliphatic carbocycles. The molecular formula is C14H14F3N3O. The zero-order chi connectivity index (χ0) is 15.7. The van der Waals surface area contributed by atoms with Crippen LogP contribution >= 0.6 is 0 Å². The fourth-order valence-corrected chi connectivity index (χ4v) is 1.38. The van der Waals surface area contributed by atoms with E-state index >= 15 is 0 Å². The Labute approximate surface area is 120 Å². The monoisotopic (exact) mass is 297 g/mol. The maximum atomic E-state index is 12.0. The summed E-state index contributed by atoms with van der Waals surface area (Å²) in [6, 6.07) is 7.07. The van der Waals surface area contributed by atoms with Crippen LogP contribution in [0.25, 0.3) is 0 Å². The molecular weight excluding hydrogens is 283 g/mol. The fourth-order valence-electron chi connectivity index (χ4n) is 1.38. The van der Waals surface area contributed by atoms with E-state index in [1.54, 1.807) is 0 Å². The standard InChI is InChI=1S/C14H14F3N3O/c1-2-3-4-11(9-18)10-19-20-12-5-7-13(8-6-12)21-14(15,16)17/h5-8,20H,2-4H2,1H3. The van der Waals surface area contributed by atoms with Crippen molar-refractivity contribution in [3.8, 4) is 11.8 Å². The highest BCUT2D eigenvalue weighted by atomic mass is 19.4. The molecule has 0 fully saturated rings. The molecule has 0 atom stereocenters. The van der Waals surface area contributed by atoms with E-state index in [0.29, 0.717) is 17.7 Å². The molecule has 7 heteroatoms. The molecule has 1 aromatic rings. The third-order valence-electron chi connectivity index (χ3n) is 2.38. The SMILES string of the molecule is CCCCC(=C=NNc1ccc(OC(F)(F)F)cc1)C#N. The van der Waals surface area contributed by atoms with Crippen molar-refractivity contribution in [2.75, 3.05) is 5.43 Å². The number of hydrazone groups is 1. The molecule has 0 radical (unpaired) electrons. The van der Waals surface area contributed by atoms with Gasteiger partial charge in [0, 0.05) is 5.87 Å². The molecule has 0 aromatic heterocycles. The van der Waals surface area contributed by atoms with Crippen LogP contribution in [0, 0.1) is 11.3 Å². The summed E-state index contributed by atoms with van der Waals surface area (Å²) in [6.07, 6.45) is -2.29. The van der Waals surface area contributed by atoms with Gasteiger partial charge in [-0.15, -0.1) is 18.3 Å². The Balaban J connectivity index is 2.64. The van der Waals surface area contributed by atoms with Gasteiger partial charge in [0.05, 0.1) is 11.3 Å². The summed E-state index contributed by atoms with van der Waals surface area (Å²) in [5, 5.41) is 12.6. The number of rotatable bonds is 6. The number of ether oxygens (including phenoxy) is 1. The Morgan fingerprint density at radius 1 is 1.33 bits per heavy atom. The topological polar surface area (TPSA) is 57.4 Å². The van der Waals surface area contributed by atoms with E-state index in [1.807, 2.05) is 13.0 Å². The lowest BCUT2D eigenvalue weighted by atomic mass is 10.1. The first-order chi connectivity index (χ1) is 9.94. The summed E-state index contributed by atoms with van der Waals surface area (Å²) < 4.78 is 39.7. The molecule has 0 saturated carbocycles. The number of halogens is 3. The highest BCUT2D eigenvalue weighted by Gasteiger charge is 2.30. The normalized spacial score (nSPS) is 10.2. The van der Waals surface area contributed by atoms with Crippen LogP contribution in [-0.4, -0.2) is 12.2 Å². The summed E-state index contributed by atoms with van der Waals surface area (Å²) in [7, 11) is 0. The number of nitrogens with one attached hydrogen (secondary N) is 1. The van der Waals surface area contributed by atoms with Gasteiger partial charge < -0.3 is 4.74 Å². The quantitative estimate of drug-likeness (QED) is 0.486. The van der Waals surface area contributed by atoms with Gasteiger partial charge in [0.1, 0.15) is 11.8 Å². The number of hydrogen-bond donors (Lipinski definition) is 1. The summed E-state index contributed by atoms with van der Waals surface area (Å²) in [5.41, 5.74) is 3.46.